The molecule has 0 saturated carbocycles. The zero-order chi connectivity index (χ0) is 11.1. The number of rotatable bonds is 6. The van der Waals surface area contributed by atoms with Crippen LogP contribution in [0.1, 0.15) is 19.7 Å². The summed E-state index contributed by atoms with van der Waals surface area (Å²) in [6.45, 7) is 4.85. The average Bonchev–Trinajstić information content (AvgIpc) is 2.67. The van der Waals surface area contributed by atoms with E-state index in [1.807, 2.05) is 13.8 Å². The maximum atomic E-state index is 11.2. The number of nitrogens with one attached hydrogen (secondary N) is 2. The lowest BCUT2D eigenvalue weighted by Gasteiger charge is -2.07. The fourth-order valence-corrected chi connectivity index (χ4v) is 0.976. The van der Waals surface area contributed by atoms with E-state index in [9.17, 15) is 4.79 Å². The molecule has 6 nitrogen and oxygen atoms in total. The van der Waals surface area contributed by atoms with Crippen molar-refractivity contribution < 1.29 is 9.32 Å². The molecular weight excluding hydrogens is 196 g/mol. The van der Waals surface area contributed by atoms with Crippen molar-refractivity contribution in [2.75, 3.05) is 13.1 Å². The monoisotopic (exact) mass is 212 g/mol. The van der Waals surface area contributed by atoms with Gasteiger partial charge in [-0.3, -0.25) is 4.79 Å². The molecule has 0 aliphatic heterocycles. The number of amides is 1. The Morgan fingerprint density at radius 2 is 2.40 bits per heavy atom. The van der Waals surface area contributed by atoms with Gasteiger partial charge in [-0.2, -0.15) is 4.98 Å². The number of aromatic nitrogens is 2. The number of nitrogens with zero attached hydrogens (tertiary/aromatic N) is 2. The summed E-state index contributed by atoms with van der Waals surface area (Å²) in [6.07, 6.45) is 1.86. The molecule has 0 radical (unpaired) electrons. The smallest absolute Gasteiger partial charge is 0.233 e. The molecule has 15 heavy (non-hydrogen) atoms. The first-order valence-corrected chi connectivity index (χ1v) is 4.94. The Morgan fingerprint density at radius 1 is 1.60 bits per heavy atom. The van der Waals surface area contributed by atoms with Gasteiger partial charge in [0.1, 0.15) is 0 Å². The maximum Gasteiger partial charge on any atom is 0.233 e. The van der Waals surface area contributed by atoms with Gasteiger partial charge in [0.2, 0.25) is 12.3 Å². The maximum absolute atomic E-state index is 11.2. The summed E-state index contributed by atoms with van der Waals surface area (Å²) < 4.78 is 4.56. The Kier molecular flexibility index (Phi) is 4.76. The highest BCUT2D eigenvalue weighted by Crippen LogP contribution is 1.87. The van der Waals surface area contributed by atoms with Gasteiger partial charge in [0, 0.05) is 19.0 Å². The zero-order valence-electron chi connectivity index (χ0n) is 8.99. The van der Waals surface area contributed by atoms with Crippen LogP contribution in [-0.2, 0) is 11.2 Å². The van der Waals surface area contributed by atoms with Gasteiger partial charge in [0.15, 0.2) is 5.82 Å². The second-order valence-corrected chi connectivity index (χ2v) is 3.48. The average molecular weight is 212 g/mol. The summed E-state index contributed by atoms with van der Waals surface area (Å²) in [7, 11) is 0. The van der Waals surface area contributed by atoms with Crippen molar-refractivity contribution in [2.24, 2.45) is 0 Å². The predicted molar refractivity (Wildman–Crippen MR) is 54.2 cm³/mol. The fraction of sp³-hybridized carbons (Fsp3) is 0.667. The van der Waals surface area contributed by atoms with Crippen molar-refractivity contribution in [2.45, 2.75) is 26.3 Å². The molecule has 1 aromatic heterocycles. The summed E-state index contributed by atoms with van der Waals surface area (Å²) in [4.78, 5) is 15.1. The van der Waals surface area contributed by atoms with Crippen LogP contribution >= 0.6 is 0 Å². The van der Waals surface area contributed by atoms with Crippen LogP contribution in [0.4, 0.5) is 0 Å². The summed E-state index contributed by atoms with van der Waals surface area (Å²) in [6, 6.07) is 0.313. The molecule has 0 aliphatic rings. The first kappa shape index (κ1) is 11.6. The molecule has 0 aliphatic carbocycles. The minimum atomic E-state index is -0.0211. The van der Waals surface area contributed by atoms with Crippen LogP contribution in [0.3, 0.4) is 0 Å². The van der Waals surface area contributed by atoms with Crippen LogP contribution in [-0.4, -0.2) is 35.2 Å². The van der Waals surface area contributed by atoms with Gasteiger partial charge in [-0.25, -0.2) is 0 Å². The minimum absolute atomic E-state index is 0.0211. The van der Waals surface area contributed by atoms with Crippen molar-refractivity contribution in [3.8, 4) is 0 Å². The van der Waals surface area contributed by atoms with Gasteiger partial charge < -0.3 is 15.2 Å². The lowest BCUT2D eigenvalue weighted by atomic mass is 10.3. The second-order valence-electron chi connectivity index (χ2n) is 3.48. The third-order valence-corrected chi connectivity index (χ3v) is 1.75. The molecule has 0 saturated heterocycles. The van der Waals surface area contributed by atoms with E-state index in [4.69, 9.17) is 0 Å². The summed E-state index contributed by atoms with van der Waals surface area (Å²) in [5, 5.41) is 9.41. The van der Waals surface area contributed by atoms with Crippen molar-refractivity contribution in [3.05, 3.63) is 12.2 Å². The van der Waals surface area contributed by atoms with Crippen molar-refractivity contribution in [3.63, 3.8) is 0 Å². The lowest BCUT2D eigenvalue weighted by molar-refractivity contribution is -0.120. The molecular formula is C9H16N4O2. The molecule has 1 aromatic rings. The van der Waals surface area contributed by atoms with E-state index in [1.54, 1.807) is 0 Å². The van der Waals surface area contributed by atoms with E-state index < -0.39 is 0 Å². The number of hydrogen-bond donors (Lipinski definition) is 2. The molecule has 1 amide bonds. The van der Waals surface area contributed by atoms with Crippen LogP contribution in [0.2, 0.25) is 0 Å². The van der Waals surface area contributed by atoms with E-state index in [0.29, 0.717) is 31.4 Å². The van der Waals surface area contributed by atoms with E-state index in [1.165, 1.54) is 6.39 Å². The molecule has 0 bridgehead atoms. The molecule has 0 spiro atoms. The van der Waals surface area contributed by atoms with Gasteiger partial charge >= 0.3 is 0 Å². The topological polar surface area (TPSA) is 80.0 Å². The van der Waals surface area contributed by atoms with Crippen LogP contribution in [0, 0.1) is 0 Å². The molecule has 1 rings (SSSR count). The number of carbonyl (C=O) groups is 1. The van der Waals surface area contributed by atoms with Gasteiger partial charge in [-0.05, 0) is 0 Å². The highest BCUT2D eigenvalue weighted by molar-refractivity contribution is 5.77. The fourth-order valence-electron chi connectivity index (χ4n) is 0.976. The Labute approximate surface area is 88.4 Å². The Balaban J connectivity index is 2.07. The van der Waals surface area contributed by atoms with Crippen molar-refractivity contribution in [1.82, 2.24) is 20.8 Å². The second kappa shape index (κ2) is 6.13. The van der Waals surface area contributed by atoms with E-state index in [-0.39, 0.29) is 5.91 Å². The molecule has 0 unspecified atom stereocenters. The third kappa shape index (κ3) is 5.11. The lowest BCUT2D eigenvalue weighted by Crippen LogP contribution is -2.37. The van der Waals surface area contributed by atoms with Gasteiger partial charge in [0.05, 0.1) is 6.54 Å². The van der Waals surface area contributed by atoms with Crippen molar-refractivity contribution in [1.29, 1.82) is 0 Å². The normalized spacial score (nSPS) is 10.6. The van der Waals surface area contributed by atoms with Gasteiger partial charge in [0.25, 0.3) is 0 Å². The molecule has 0 fully saturated rings. The largest absolute Gasteiger partial charge is 0.355 e. The standard InChI is InChI=1S/C9H16N4O2/c1-7(2)11-5-9(14)10-4-3-8-12-6-15-13-8/h6-7,11H,3-5H2,1-2H3,(H,10,14). The molecule has 6 heteroatoms. The summed E-state index contributed by atoms with van der Waals surface area (Å²) in [5.74, 6) is 0.583. The highest BCUT2D eigenvalue weighted by atomic mass is 16.5. The van der Waals surface area contributed by atoms with Gasteiger partial charge in [-0.15, -0.1) is 0 Å². The predicted octanol–water partition coefficient (Wildman–Crippen LogP) is -0.274. The zero-order valence-corrected chi connectivity index (χ0v) is 8.99. The van der Waals surface area contributed by atoms with Crippen LogP contribution in [0.15, 0.2) is 10.9 Å². The van der Waals surface area contributed by atoms with Crippen molar-refractivity contribution >= 4 is 5.91 Å². The quantitative estimate of drug-likeness (QED) is 0.678. The van der Waals surface area contributed by atoms with E-state index >= 15 is 0 Å². The first-order valence-electron chi connectivity index (χ1n) is 4.94. The SMILES string of the molecule is CC(C)NCC(=O)NCCc1ncon1. The number of hydrogen-bond acceptors (Lipinski definition) is 5. The summed E-state index contributed by atoms with van der Waals surface area (Å²) in [5.41, 5.74) is 0. The summed E-state index contributed by atoms with van der Waals surface area (Å²) >= 11 is 0. The van der Waals surface area contributed by atoms with Crippen LogP contribution < -0.4 is 10.6 Å². The first-order chi connectivity index (χ1) is 7.18. The minimum Gasteiger partial charge on any atom is -0.355 e. The molecule has 84 valence electrons. The Bertz CT molecular complexity index is 284. The van der Waals surface area contributed by atoms with E-state index in [2.05, 4.69) is 25.3 Å². The molecule has 2 N–H and O–H groups in total. The van der Waals surface area contributed by atoms with Crippen LogP contribution in [0.5, 0.6) is 0 Å². The number of carbonyl (C=O) groups excluding carboxylic acids is 1. The van der Waals surface area contributed by atoms with Crippen LogP contribution in [0.25, 0.3) is 0 Å². The molecule has 0 atom stereocenters. The Hall–Kier alpha value is -1.43. The third-order valence-electron chi connectivity index (χ3n) is 1.75. The molecule has 1 heterocycles. The van der Waals surface area contributed by atoms with E-state index in [0.717, 1.165) is 0 Å². The van der Waals surface area contributed by atoms with Gasteiger partial charge in [-0.1, -0.05) is 19.0 Å². The Morgan fingerprint density at radius 3 is 3.00 bits per heavy atom. The highest BCUT2D eigenvalue weighted by Gasteiger charge is 2.02. The molecule has 0 aromatic carbocycles.